The van der Waals surface area contributed by atoms with Crippen LogP contribution in [0.3, 0.4) is 0 Å². The van der Waals surface area contributed by atoms with Crippen LogP contribution in [0.5, 0.6) is 5.75 Å². The Hall–Kier alpha value is -1.28. The van der Waals surface area contributed by atoms with Gasteiger partial charge in [0.1, 0.15) is 5.75 Å². The first-order valence-corrected chi connectivity index (χ1v) is 5.36. The molecule has 2 heteroatoms. The van der Waals surface area contributed by atoms with Crippen LogP contribution < -0.4 is 4.74 Å². The second-order valence-electron chi connectivity index (χ2n) is 4.27. The van der Waals surface area contributed by atoms with Crippen LogP contribution in [-0.4, -0.2) is 12.2 Å². The van der Waals surface area contributed by atoms with Crippen LogP contribution in [-0.2, 0) is 0 Å². The second kappa shape index (κ2) is 3.11. The number of rotatable bonds is 1. The van der Waals surface area contributed by atoms with E-state index in [1.165, 1.54) is 11.1 Å². The summed E-state index contributed by atoms with van der Waals surface area (Å²) < 4.78 is 5.32. The second-order valence-corrected chi connectivity index (χ2v) is 4.27. The lowest BCUT2D eigenvalue weighted by Gasteiger charge is -2.17. The van der Waals surface area contributed by atoms with Gasteiger partial charge in [0.05, 0.1) is 13.2 Å². The highest BCUT2D eigenvalue weighted by Gasteiger charge is 2.34. The van der Waals surface area contributed by atoms with Crippen molar-refractivity contribution in [2.24, 2.45) is 0 Å². The van der Waals surface area contributed by atoms with Gasteiger partial charge in [0.25, 0.3) is 0 Å². The lowest BCUT2D eigenvalue weighted by atomic mass is 9.88. The van der Waals surface area contributed by atoms with Crippen LogP contribution in [0.1, 0.15) is 41.6 Å². The van der Waals surface area contributed by atoms with E-state index in [1.54, 1.807) is 7.11 Å². The molecule has 0 fully saturated rings. The third kappa shape index (κ3) is 1.15. The summed E-state index contributed by atoms with van der Waals surface area (Å²) in [5.41, 5.74) is 3.58. The average Bonchev–Trinajstić information content (AvgIpc) is 2.59. The minimum absolute atomic E-state index is 0.347. The molecule has 1 N–H and O–H groups in total. The molecule has 15 heavy (non-hydrogen) atoms. The SMILES string of the molecule is COc1ccc2c3c1C(O)CC3CC=C2. The topological polar surface area (TPSA) is 29.5 Å². The van der Waals surface area contributed by atoms with E-state index in [0.29, 0.717) is 5.92 Å². The number of hydrogen-bond acceptors (Lipinski definition) is 2. The van der Waals surface area contributed by atoms with E-state index in [1.807, 2.05) is 6.07 Å². The molecule has 0 heterocycles. The zero-order valence-electron chi connectivity index (χ0n) is 8.73. The molecule has 2 unspecified atom stereocenters. The van der Waals surface area contributed by atoms with Gasteiger partial charge in [-0.2, -0.15) is 0 Å². The molecule has 0 aliphatic heterocycles. The van der Waals surface area contributed by atoms with Crippen LogP contribution in [0, 0.1) is 0 Å². The fraction of sp³-hybridized carbons (Fsp3) is 0.385. The predicted molar refractivity (Wildman–Crippen MR) is 59.0 cm³/mol. The van der Waals surface area contributed by atoms with Crippen molar-refractivity contribution in [1.29, 1.82) is 0 Å². The largest absolute Gasteiger partial charge is 0.496 e. The Balaban J connectivity index is 2.27. The van der Waals surface area contributed by atoms with Crippen LogP contribution >= 0.6 is 0 Å². The summed E-state index contributed by atoms with van der Waals surface area (Å²) in [6, 6.07) is 4.04. The molecule has 0 spiro atoms. The summed E-state index contributed by atoms with van der Waals surface area (Å²) in [7, 11) is 1.66. The minimum atomic E-state index is -0.347. The molecule has 2 aliphatic rings. The van der Waals surface area contributed by atoms with Crippen molar-refractivity contribution >= 4 is 6.08 Å². The summed E-state index contributed by atoms with van der Waals surface area (Å²) >= 11 is 0. The molecule has 78 valence electrons. The standard InChI is InChI=1S/C13H14O2/c1-15-11-6-5-8-3-2-4-9-7-10(14)13(11)12(8)9/h2-3,5-6,9-10,14H,4,7H2,1H3. The molecular formula is C13H14O2. The van der Waals surface area contributed by atoms with E-state index >= 15 is 0 Å². The maximum absolute atomic E-state index is 10.0. The van der Waals surface area contributed by atoms with E-state index in [4.69, 9.17) is 4.74 Å². The highest BCUT2D eigenvalue weighted by atomic mass is 16.5. The lowest BCUT2D eigenvalue weighted by molar-refractivity contribution is 0.169. The van der Waals surface area contributed by atoms with E-state index in [2.05, 4.69) is 18.2 Å². The first-order chi connectivity index (χ1) is 7.31. The summed E-state index contributed by atoms with van der Waals surface area (Å²) in [5.74, 6) is 1.32. The highest BCUT2D eigenvalue weighted by Crippen LogP contribution is 2.49. The van der Waals surface area contributed by atoms with Crippen LogP contribution in [0.15, 0.2) is 18.2 Å². The molecule has 0 aromatic heterocycles. The van der Waals surface area contributed by atoms with Gasteiger partial charge in [0.2, 0.25) is 0 Å². The number of hydrogen-bond donors (Lipinski definition) is 1. The molecule has 0 amide bonds. The Kier molecular flexibility index (Phi) is 1.86. The third-order valence-electron chi connectivity index (χ3n) is 3.47. The van der Waals surface area contributed by atoms with Gasteiger partial charge in [-0.1, -0.05) is 18.2 Å². The monoisotopic (exact) mass is 202 g/mol. The Morgan fingerprint density at radius 1 is 1.33 bits per heavy atom. The predicted octanol–water partition coefficient (Wildman–Crippen LogP) is 2.63. The fourth-order valence-electron chi connectivity index (χ4n) is 2.83. The number of ether oxygens (including phenoxy) is 1. The van der Waals surface area contributed by atoms with Crippen molar-refractivity contribution in [3.63, 3.8) is 0 Å². The quantitative estimate of drug-likeness (QED) is 0.758. The average molecular weight is 202 g/mol. The number of benzene rings is 1. The molecule has 0 radical (unpaired) electrons. The molecule has 1 aromatic rings. The molecule has 3 rings (SSSR count). The Morgan fingerprint density at radius 2 is 2.20 bits per heavy atom. The Labute approximate surface area is 89.2 Å². The third-order valence-corrected chi connectivity index (χ3v) is 3.47. The van der Waals surface area contributed by atoms with Crippen molar-refractivity contribution in [2.45, 2.75) is 24.9 Å². The number of aliphatic hydroxyl groups excluding tert-OH is 1. The van der Waals surface area contributed by atoms with Gasteiger partial charge in [0, 0.05) is 5.56 Å². The van der Waals surface area contributed by atoms with Gasteiger partial charge in [-0.25, -0.2) is 0 Å². The lowest BCUT2D eigenvalue weighted by Crippen LogP contribution is -2.00. The van der Waals surface area contributed by atoms with Gasteiger partial charge in [-0.3, -0.25) is 0 Å². The number of aliphatic hydroxyl groups is 1. The molecule has 2 atom stereocenters. The highest BCUT2D eigenvalue weighted by molar-refractivity contribution is 5.65. The van der Waals surface area contributed by atoms with E-state index < -0.39 is 0 Å². The van der Waals surface area contributed by atoms with Crippen molar-refractivity contribution in [2.75, 3.05) is 7.11 Å². The normalized spacial score (nSPS) is 26.5. The summed E-state index contributed by atoms with van der Waals surface area (Å²) in [6.07, 6.45) is 5.88. The van der Waals surface area contributed by atoms with Gasteiger partial charge < -0.3 is 9.84 Å². The van der Waals surface area contributed by atoms with E-state index in [9.17, 15) is 5.11 Å². The molecule has 0 saturated carbocycles. The molecule has 2 aliphatic carbocycles. The van der Waals surface area contributed by atoms with Gasteiger partial charge in [0.15, 0.2) is 0 Å². The zero-order chi connectivity index (χ0) is 10.4. The maximum atomic E-state index is 10.0. The van der Waals surface area contributed by atoms with Crippen LogP contribution in [0.4, 0.5) is 0 Å². The van der Waals surface area contributed by atoms with Crippen molar-refractivity contribution < 1.29 is 9.84 Å². The first-order valence-electron chi connectivity index (χ1n) is 5.36. The summed E-state index contributed by atoms with van der Waals surface area (Å²) in [5, 5.41) is 10.0. The summed E-state index contributed by atoms with van der Waals surface area (Å²) in [4.78, 5) is 0. The molecule has 0 bridgehead atoms. The van der Waals surface area contributed by atoms with Crippen LogP contribution in [0.25, 0.3) is 6.08 Å². The van der Waals surface area contributed by atoms with Gasteiger partial charge >= 0.3 is 0 Å². The van der Waals surface area contributed by atoms with E-state index in [-0.39, 0.29) is 6.10 Å². The van der Waals surface area contributed by atoms with Crippen molar-refractivity contribution in [1.82, 2.24) is 0 Å². The molecule has 2 nitrogen and oxygen atoms in total. The number of methoxy groups -OCH3 is 1. The molecule has 0 saturated heterocycles. The van der Waals surface area contributed by atoms with Crippen LogP contribution in [0.2, 0.25) is 0 Å². The van der Waals surface area contributed by atoms with Crippen molar-refractivity contribution in [3.8, 4) is 5.75 Å². The zero-order valence-corrected chi connectivity index (χ0v) is 8.73. The molecular weight excluding hydrogens is 188 g/mol. The number of allylic oxidation sites excluding steroid dienone is 1. The minimum Gasteiger partial charge on any atom is -0.496 e. The Bertz CT molecular complexity index is 434. The van der Waals surface area contributed by atoms with Gasteiger partial charge in [-0.15, -0.1) is 0 Å². The van der Waals surface area contributed by atoms with E-state index in [0.717, 1.165) is 24.2 Å². The summed E-state index contributed by atoms with van der Waals surface area (Å²) in [6.45, 7) is 0. The maximum Gasteiger partial charge on any atom is 0.124 e. The van der Waals surface area contributed by atoms with Gasteiger partial charge in [-0.05, 0) is 36.0 Å². The smallest absolute Gasteiger partial charge is 0.124 e. The van der Waals surface area contributed by atoms with Crippen molar-refractivity contribution in [3.05, 3.63) is 34.9 Å². The Morgan fingerprint density at radius 3 is 3.00 bits per heavy atom. The molecule has 1 aromatic carbocycles. The first kappa shape index (κ1) is 8.98. The fourth-order valence-corrected chi connectivity index (χ4v) is 2.83.